The number of ether oxygens (including phenoxy) is 1. The van der Waals surface area contributed by atoms with Gasteiger partial charge in [0.25, 0.3) is 0 Å². The lowest BCUT2D eigenvalue weighted by Crippen LogP contribution is -2.07. The van der Waals surface area contributed by atoms with Crippen molar-refractivity contribution in [3.8, 4) is 5.75 Å². The van der Waals surface area contributed by atoms with Crippen molar-refractivity contribution in [2.45, 2.75) is 6.92 Å². The lowest BCUT2D eigenvalue weighted by molar-refractivity contribution is -0.111. The molecule has 0 saturated heterocycles. The van der Waals surface area contributed by atoms with E-state index in [1.54, 1.807) is 25.4 Å². The van der Waals surface area contributed by atoms with Gasteiger partial charge in [-0.05, 0) is 25.1 Å². The van der Waals surface area contributed by atoms with Crippen molar-refractivity contribution in [1.82, 2.24) is 10.2 Å². The number of nitrogens with one attached hydrogen (secondary N) is 2. The third kappa shape index (κ3) is 3.45. The number of aromatic nitrogens is 2. The fourth-order valence-corrected chi connectivity index (χ4v) is 1.65. The first-order valence-corrected chi connectivity index (χ1v) is 5.82. The Kier molecular flexibility index (Phi) is 3.97. The molecule has 0 fully saturated rings. The van der Waals surface area contributed by atoms with Crippen molar-refractivity contribution in [3.63, 3.8) is 0 Å². The van der Waals surface area contributed by atoms with Crippen LogP contribution in [0.4, 0.5) is 5.82 Å². The van der Waals surface area contributed by atoms with Gasteiger partial charge in [-0.15, -0.1) is 0 Å². The van der Waals surface area contributed by atoms with Gasteiger partial charge in [0.1, 0.15) is 11.6 Å². The number of methoxy groups -OCH3 is 1. The zero-order chi connectivity index (χ0) is 13.7. The summed E-state index contributed by atoms with van der Waals surface area (Å²) in [5.41, 5.74) is 1.97. The van der Waals surface area contributed by atoms with Gasteiger partial charge in [0, 0.05) is 17.7 Å². The van der Waals surface area contributed by atoms with E-state index in [1.807, 2.05) is 25.1 Å². The van der Waals surface area contributed by atoms with Gasteiger partial charge in [-0.2, -0.15) is 5.10 Å². The molecule has 5 heteroatoms. The summed E-state index contributed by atoms with van der Waals surface area (Å²) < 4.78 is 5.24. The van der Waals surface area contributed by atoms with Crippen LogP contribution in [0.1, 0.15) is 11.1 Å². The third-order valence-corrected chi connectivity index (χ3v) is 2.56. The van der Waals surface area contributed by atoms with E-state index in [2.05, 4.69) is 15.5 Å². The molecule has 0 aliphatic heterocycles. The number of nitrogens with zero attached hydrogens (tertiary/aromatic N) is 1. The smallest absolute Gasteiger partial charge is 0.249 e. The molecule has 0 bridgehead atoms. The Morgan fingerprint density at radius 2 is 2.26 bits per heavy atom. The lowest BCUT2D eigenvalue weighted by Gasteiger charge is -2.05. The molecule has 1 amide bonds. The molecule has 1 aromatic heterocycles. The zero-order valence-corrected chi connectivity index (χ0v) is 10.8. The standard InChI is InChI=1S/C14H15N3O2/c1-10-3-5-12(19-2)11(9-10)4-6-14(18)16-13-7-8-15-17-13/h3-9H,1-2H3,(H2,15,16,17,18). The minimum Gasteiger partial charge on any atom is -0.496 e. The monoisotopic (exact) mass is 257 g/mol. The number of benzene rings is 1. The van der Waals surface area contributed by atoms with Crippen LogP contribution in [0.15, 0.2) is 36.5 Å². The Morgan fingerprint density at radius 3 is 2.95 bits per heavy atom. The SMILES string of the molecule is COc1ccc(C)cc1C=CC(=O)Nc1ccn[nH]1. The molecule has 0 aliphatic rings. The van der Waals surface area contributed by atoms with Gasteiger partial charge in [-0.25, -0.2) is 0 Å². The minimum atomic E-state index is -0.229. The summed E-state index contributed by atoms with van der Waals surface area (Å²) >= 11 is 0. The minimum absolute atomic E-state index is 0.229. The van der Waals surface area contributed by atoms with Crippen molar-refractivity contribution >= 4 is 17.8 Å². The first kappa shape index (κ1) is 12.9. The van der Waals surface area contributed by atoms with Gasteiger partial charge in [-0.1, -0.05) is 11.6 Å². The summed E-state index contributed by atoms with van der Waals surface area (Å²) in [5.74, 6) is 1.06. The van der Waals surface area contributed by atoms with Gasteiger partial charge in [0.2, 0.25) is 5.91 Å². The molecule has 0 radical (unpaired) electrons. The molecule has 2 aromatic rings. The number of aromatic amines is 1. The Labute approximate surface area is 111 Å². The first-order chi connectivity index (χ1) is 9.19. The normalized spacial score (nSPS) is 10.6. The van der Waals surface area contributed by atoms with Crippen molar-refractivity contribution in [1.29, 1.82) is 0 Å². The molecule has 1 aromatic carbocycles. The van der Waals surface area contributed by atoms with Crippen LogP contribution in [0.2, 0.25) is 0 Å². The van der Waals surface area contributed by atoms with E-state index in [0.717, 1.165) is 16.9 Å². The van der Waals surface area contributed by atoms with Gasteiger partial charge < -0.3 is 10.1 Å². The highest BCUT2D eigenvalue weighted by molar-refractivity contribution is 6.01. The van der Waals surface area contributed by atoms with E-state index in [-0.39, 0.29) is 5.91 Å². The second kappa shape index (κ2) is 5.86. The summed E-state index contributed by atoms with van der Waals surface area (Å²) in [4.78, 5) is 11.7. The molecule has 0 spiro atoms. The van der Waals surface area contributed by atoms with Crippen molar-refractivity contribution in [3.05, 3.63) is 47.7 Å². The predicted octanol–water partition coefficient (Wildman–Crippen LogP) is 2.38. The molecule has 0 aliphatic carbocycles. The van der Waals surface area contributed by atoms with Crippen molar-refractivity contribution < 1.29 is 9.53 Å². The van der Waals surface area contributed by atoms with E-state index in [0.29, 0.717) is 5.82 Å². The van der Waals surface area contributed by atoms with Crippen molar-refractivity contribution in [2.75, 3.05) is 12.4 Å². The maximum Gasteiger partial charge on any atom is 0.249 e. The zero-order valence-electron chi connectivity index (χ0n) is 10.8. The number of aryl methyl sites for hydroxylation is 1. The van der Waals surface area contributed by atoms with Gasteiger partial charge in [-0.3, -0.25) is 9.89 Å². The summed E-state index contributed by atoms with van der Waals surface area (Å²) in [6.45, 7) is 1.99. The highest BCUT2D eigenvalue weighted by Gasteiger charge is 2.02. The Balaban J connectivity index is 2.09. The lowest BCUT2D eigenvalue weighted by atomic mass is 10.1. The second-order valence-corrected chi connectivity index (χ2v) is 4.04. The van der Waals surface area contributed by atoms with Crippen LogP contribution >= 0.6 is 0 Å². The second-order valence-electron chi connectivity index (χ2n) is 4.04. The van der Waals surface area contributed by atoms with Crippen LogP contribution in [0.3, 0.4) is 0 Å². The van der Waals surface area contributed by atoms with E-state index >= 15 is 0 Å². The highest BCUT2D eigenvalue weighted by Crippen LogP contribution is 2.20. The molecule has 98 valence electrons. The van der Waals surface area contributed by atoms with Crippen LogP contribution < -0.4 is 10.1 Å². The Bertz CT molecular complexity index is 589. The predicted molar refractivity (Wildman–Crippen MR) is 74.0 cm³/mol. The molecule has 1 heterocycles. The largest absolute Gasteiger partial charge is 0.496 e. The van der Waals surface area contributed by atoms with E-state index in [4.69, 9.17) is 4.74 Å². The van der Waals surface area contributed by atoms with Crippen LogP contribution in [0.25, 0.3) is 6.08 Å². The molecule has 0 unspecified atom stereocenters. The van der Waals surface area contributed by atoms with E-state index < -0.39 is 0 Å². The van der Waals surface area contributed by atoms with Gasteiger partial charge in [0.05, 0.1) is 13.3 Å². The number of anilines is 1. The number of H-pyrrole nitrogens is 1. The van der Waals surface area contributed by atoms with Crippen LogP contribution in [0, 0.1) is 6.92 Å². The molecular weight excluding hydrogens is 242 g/mol. The molecule has 2 rings (SSSR count). The van der Waals surface area contributed by atoms with Gasteiger partial charge in [0.15, 0.2) is 0 Å². The van der Waals surface area contributed by atoms with Crippen LogP contribution in [-0.4, -0.2) is 23.2 Å². The Morgan fingerprint density at radius 1 is 1.42 bits per heavy atom. The maximum atomic E-state index is 11.7. The average molecular weight is 257 g/mol. The van der Waals surface area contributed by atoms with Gasteiger partial charge >= 0.3 is 0 Å². The summed E-state index contributed by atoms with van der Waals surface area (Å²) in [6, 6.07) is 7.47. The number of hydrogen-bond acceptors (Lipinski definition) is 3. The Hall–Kier alpha value is -2.56. The molecule has 19 heavy (non-hydrogen) atoms. The van der Waals surface area contributed by atoms with E-state index in [1.165, 1.54) is 6.08 Å². The average Bonchev–Trinajstić information content (AvgIpc) is 2.89. The van der Waals surface area contributed by atoms with Crippen LogP contribution in [-0.2, 0) is 4.79 Å². The topological polar surface area (TPSA) is 67.0 Å². The molecule has 5 nitrogen and oxygen atoms in total. The number of rotatable bonds is 4. The summed E-state index contributed by atoms with van der Waals surface area (Å²) in [6.07, 6.45) is 4.75. The summed E-state index contributed by atoms with van der Waals surface area (Å²) in [5, 5.41) is 9.07. The summed E-state index contributed by atoms with van der Waals surface area (Å²) in [7, 11) is 1.60. The quantitative estimate of drug-likeness (QED) is 0.826. The third-order valence-electron chi connectivity index (χ3n) is 2.56. The highest BCUT2D eigenvalue weighted by atomic mass is 16.5. The molecule has 0 saturated carbocycles. The fourth-order valence-electron chi connectivity index (χ4n) is 1.65. The fraction of sp³-hybridized carbons (Fsp3) is 0.143. The number of amides is 1. The van der Waals surface area contributed by atoms with Crippen LogP contribution in [0.5, 0.6) is 5.75 Å². The molecule has 0 atom stereocenters. The van der Waals surface area contributed by atoms with Crippen molar-refractivity contribution in [2.24, 2.45) is 0 Å². The van der Waals surface area contributed by atoms with E-state index in [9.17, 15) is 4.79 Å². The number of carbonyl (C=O) groups excluding carboxylic acids is 1. The molecular formula is C14H15N3O2. The molecule has 2 N–H and O–H groups in total. The number of carbonyl (C=O) groups is 1. The maximum absolute atomic E-state index is 11.7. The number of hydrogen-bond donors (Lipinski definition) is 2. The first-order valence-electron chi connectivity index (χ1n) is 5.82.